The molecule has 230 valence electrons. The lowest BCUT2D eigenvalue weighted by Crippen LogP contribution is -2.30. The zero-order valence-corrected chi connectivity index (χ0v) is 26.8. The number of anilines is 1. The molecular weight excluding hydrogens is 606 g/mol. The number of aromatic nitrogens is 2. The zero-order valence-electron chi connectivity index (χ0n) is 24.4. The van der Waals surface area contributed by atoms with Crippen molar-refractivity contribution in [3.63, 3.8) is 0 Å². The molecule has 2 N–H and O–H groups in total. The number of carbonyl (C=O) groups is 1. The van der Waals surface area contributed by atoms with E-state index in [0.29, 0.717) is 16.3 Å². The van der Waals surface area contributed by atoms with Crippen LogP contribution < -0.4 is 10.0 Å². The summed E-state index contributed by atoms with van der Waals surface area (Å²) < 4.78 is 70.2. The number of thiazole rings is 1. The highest BCUT2D eigenvalue weighted by Gasteiger charge is 2.30. The largest absolute Gasteiger partial charge is 0.343 e. The van der Waals surface area contributed by atoms with Crippen molar-refractivity contribution in [3.8, 4) is 0 Å². The lowest BCUT2D eigenvalue weighted by atomic mass is 9.71. The van der Waals surface area contributed by atoms with Gasteiger partial charge < -0.3 is 5.32 Å². The second-order valence-electron chi connectivity index (χ2n) is 11.7. The molecule has 1 aliphatic carbocycles. The first-order valence-corrected chi connectivity index (χ1v) is 17.4. The van der Waals surface area contributed by atoms with Crippen molar-refractivity contribution in [1.82, 2.24) is 19.6 Å². The number of hydrogen-bond donors (Lipinski definition) is 2. The van der Waals surface area contributed by atoms with Gasteiger partial charge in [-0.05, 0) is 66.3 Å². The minimum absolute atomic E-state index is 0.00729. The highest BCUT2D eigenvalue weighted by Crippen LogP contribution is 2.38. The monoisotopic (exact) mass is 641 g/mol. The molecule has 0 radical (unpaired) electrons. The van der Waals surface area contributed by atoms with Crippen molar-refractivity contribution in [1.29, 1.82) is 0 Å². The Bertz CT molecular complexity index is 1700. The van der Waals surface area contributed by atoms with Crippen molar-refractivity contribution in [3.05, 3.63) is 51.9 Å². The number of fused-ring (bicyclic) bond motifs is 2. The van der Waals surface area contributed by atoms with Crippen LogP contribution in [0.15, 0.2) is 24.3 Å². The van der Waals surface area contributed by atoms with Crippen molar-refractivity contribution in [2.75, 3.05) is 31.7 Å². The first-order valence-electron chi connectivity index (χ1n) is 13.4. The van der Waals surface area contributed by atoms with Gasteiger partial charge in [0.1, 0.15) is 16.2 Å². The molecule has 4 rings (SSSR count). The van der Waals surface area contributed by atoms with Gasteiger partial charge in [0.15, 0.2) is 5.01 Å². The van der Waals surface area contributed by atoms with E-state index in [4.69, 9.17) is 9.17 Å². The minimum atomic E-state index is -3.95. The number of hydrogen-bond acceptors (Lipinski definition) is 9. The van der Waals surface area contributed by atoms with Crippen LogP contribution in [-0.2, 0) is 37.4 Å². The van der Waals surface area contributed by atoms with E-state index in [1.165, 1.54) is 26.2 Å². The predicted octanol–water partition coefficient (Wildman–Crippen LogP) is 4.04. The van der Waals surface area contributed by atoms with Crippen LogP contribution in [0.2, 0.25) is 0 Å². The van der Waals surface area contributed by atoms with E-state index in [1.54, 1.807) is 0 Å². The molecule has 2 atom stereocenters. The van der Waals surface area contributed by atoms with Crippen molar-refractivity contribution < 1.29 is 30.2 Å². The van der Waals surface area contributed by atoms with Gasteiger partial charge in [-0.2, -0.15) is 21.1 Å². The Morgan fingerprint density at radius 3 is 2.52 bits per heavy atom. The van der Waals surface area contributed by atoms with Gasteiger partial charge in [-0.25, -0.2) is 14.4 Å². The number of benzene rings is 1. The van der Waals surface area contributed by atoms with Gasteiger partial charge in [0.05, 0.1) is 24.6 Å². The molecule has 15 heteroatoms. The summed E-state index contributed by atoms with van der Waals surface area (Å²) in [7, 11) is -5.09. The summed E-state index contributed by atoms with van der Waals surface area (Å²) in [5.74, 6) is -0.888. The third-order valence-corrected chi connectivity index (χ3v) is 10.3. The third kappa shape index (κ3) is 7.81. The number of nitrogens with one attached hydrogen (secondary N) is 2. The van der Waals surface area contributed by atoms with Crippen molar-refractivity contribution in [2.45, 2.75) is 52.5 Å². The molecule has 42 heavy (non-hydrogen) atoms. The van der Waals surface area contributed by atoms with E-state index >= 15 is 0 Å². The predicted molar refractivity (Wildman–Crippen MR) is 161 cm³/mol. The SMILES string of the molecule is CN(C)S(=O)(=O)Nc1ccc(C(CCOS(C)(=O)=O)NC(=O)c2nc3cc4c(nc3s2)CCC(C(C)(C)C)C4)cc1F. The summed E-state index contributed by atoms with van der Waals surface area (Å²) in [6, 6.07) is 4.90. The van der Waals surface area contributed by atoms with Gasteiger partial charge in [-0.1, -0.05) is 38.2 Å². The Hall–Kier alpha value is -2.72. The van der Waals surface area contributed by atoms with E-state index < -0.39 is 38.1 Å². The first-order chi connectivity index (χ1) is 19.4. The number of aryl methyl sites for hydroxylation is 1. The Balaban J connectivity index is 1.58. The van der Waals surface area contributed by atoms with E-state index in [9.17, 15) is 26.0 Å². The minimum Gasteiger partial charge on any atom is -0.343 e. The van der Waals surface area contributed by atoms with Crippen LogP contribution in [0, 0.1) is 17.2 Å². The number of rotatable bonds is 10. The fourth-order valence-corrected chi connectivity index (χ4v) is 6.64. The third-order valence-electron chi connectivity index (χ3n) is 7.29. The number of pyridine rings is 1. The second kappa shape index (κ2) is 12.1. The highest BCUT2D eigenvalue weighted by molar-refractivity contribution is 7.90. The average Bonchev–Trinajstić information content (AvgIpc) is 3.29. The van der Waals surface area contributed by atoms with Crippen LogP contribution in [0.1, 0.15) is 66.3 Å². The fourth-order valence-electron chi connectivity index (χ4n) is 4.77. The molecule has 0 fully saturated rings. The molecule has 3 aromatic rings. The van der Waals surface area contributed by atoms with E-state index in [1.807, 2.05) is 6.07 Å². The van der Waals surface area contributed by atoms with Crippen LogP contribution in [0.3, 0.4) is 0 Å². The molecule has 1 aliphatic rings. The van der Waals surface area contributed by atoms with Crippen LogP contribution in [0.4, 0.5) is 10.1 Å². The standard InChI is InChI=1S/C27H36FN5O6S3/c1-27(2,3)18-8-10-20-17(13-18)15-23-25(30-20)40-26(31-23)24(34)29-21(11-12-39-41(6,35)36)16-7-9-22(19(28)14-16)32-42(37,38)33(4)5/h7,9,14-15,18,21,32H,8,10-13H2,1-6H3,(H,29,34). The molecule has 0 saturated heterocycles. The van der Waals surface area contributed by atoms with Gasteiger partial charge >= 0.3 is 10.2 Å². The van der Waals surface area contributed by atoms with Gasteiger partial charge in [0.2, 0.25) is 0 Å². The molecule has 0 saturated carbocycles. The van der Waals surface area contributed by atoms with E-state index in [2.05, 4.69) is 35.8 Å². The van der Waals surface area contributed by atoms with Crippen LogP contribution in [-0.4, -0.2) is 64.0 Å². The molecule has 11 nitrogen and oxygen atoms in total. The topological polar surface area (TPSA) is 148 Å². The molecule has 1 amide bonds. The second-order valence-corrected chi connectivity index (χ2v) is 16.2. The maximum Gasteiger partial charge on any atom is 0.301 e. The summed E-state index contributed by atoms with van der Waals surface area (Å²) >= 11 is 1.15. The number of carbonyl (C=O) groups excluding carboxylic acids is 1. The molecule has 0 spiro atoms. The number of nitrogens with zero attached hydrogens (tertiary/aromatic N) is 3. The molecule has 0 aliphatic heterocycles. The van der Waals surface area contributed by atoms with Gasteiger partial charge in [0.25, 0.3) is 16.0 Å². The Labute approximate surface area is 250 Å². The maximum absolute atomic E-state index is 15.0. The zero-order chi connectivity index (χ0) is 31.0. The Kier molecular flexibility index (Phi) is 9.28. The molecule has 2 heterocycles. The number of amides is 1. The molecule has 0 bridgehead atoms. The highest BCUT2D eigenvalue weighted by atomic mass is 32.2. The molecular formula is C27H36FN5O6S3. The molecule has 1 aromatic carbocycles. The fraction of sp³-hybridized carbons (Fsp3) is 0.519. The van der Waals surface area contributed by atoms with Crippen LogP contribution in [0.25, 0.3) is 10.3 Å². The van der Waals surface area contributed by atoms with Gasteiger partial charge in [-0.15, -0.1) is 0 Å². The molecule has 2 aromatic heterocycles. The smallest absolute Gasteiger partial charge is 0.301 e. The lowest BCUT2D eigenvalue weighted by Gasteiger charge is -2.34. The summed E-state index contributed by atoms with van der Waals surface area (Å²) in [6.07, 6.45) is 3.71. The summed E-state index contributed by atoms with van der Waals surface area (Å²) in [5.41, 5.74) is 2.97. The number of halogens is 1. The summed E-state index contributed by atoms with van der Waals surface area (Å²) in [5, 5.41) is 2.96. The summed E-state index contributed by atoms with van der Waals surface area (Å²) in [4.78, 5) is 23.3. The maximum atomic E-state index is 15.0. The first kappa shape index (κ1) is 32.2. The van der Waals surface area contributed by atoms with Crippen molar-refractivity contribution in [2.24, 2.45) is 11.3 Å². The lowest BCUT2D eigenvalue weighted by molar-refractivity contribution is 0.0931. The van der Waals surface area contributed by atoms with Crippen LogP contribution in [0.5, 0.6) is 0 Å². The van der Waals surface area contributed by atoms with E-state index in [0.717, 1.165) is 58.5 Å². The van der Waals surface area contributed by atoms with Crippen molar-refractivity contribution >= 4 is 53.6 Å². The van der Waals surface area contributed by atoms with Gasteiger partial charge in [0, 0.05) is 19.8 Å². The Morgan fingerprint density at radius 2 is 1.90 bits per heavy atom. The van der Waals surface area contributed by atoms with Gasteiger partial charge in [-0.3, -0.25) is 13.7 Å². The normalized spacial score (nSPS) is 16.8. The van der Waals surface area contributed by atoms with Crippen LogP contribution >= 0.6 is 11.3 Å². The average molecular weight is 642 g/mol. The molecule has 2 unspecified atom stereocenters. The quantitative estimate of drug-likeness (QED) is 0.316. The summed E-state index contributed by atoms with van der Waals surface area (Å²) in [6.45, 7) is 6.43. The Morgan fingerprint density at radius 1 is 1.19 bits per heavy atom. The van der Waals surface area contributed by atoms with E-state index in [-0.39, 0.29) is 34.7 Å².